The van der Waals surface area contributed by atoms with Crippen molar-refractivity contribution in [3.63, 3.8) is 0 Å². The second kappa shape index (κ2) is 8.66. The van der Waals surface area contributed by atoms with Crippen molar-refractivity contribution in [2.45, 2.75) is 13.3 Å². The van der Waals surface area contributed by atoms with Crippen LogP contribution in [0, 0.1) is 0 Å². The van der Waals surface area contributed by atoms with E-state index in [-0.39, 0.29) is 6.03 Å². The van der Waals surface area contributed by atoms with Gasteiger partial charge in [0.05, 0.1) is 14.2 Å². The van der Waals surface area contributed by atoms with Gasteiger partial charge in [-0.15, -0.1) is 0 Å². The molecule has 2 aromatic carbocycles. The van der Waals surface area contributed by atoms with Crippen LogP contribution in [0.5, 0.6) is 11.5 Å². The molecule has 0 atom stereocenters. The van der Waals surface area contributed by atoms with E-state index in [0.717, 1.165) is 19.5 Å². The highest BCUT2D eigenvalue weighted by atomic mass is 16.5. The van der Waals surface area contributed by atoms with Crippen molar-refractivity contribution >= 4 is 17.4 Å². The van der Waals surface area contributed by atoms with Crippen molar-refractivity contribution in [2.24, 2.45) is 0 Å². The summed E-state index contributed by atoms with van der Waals surface area (Å²) in [5.74, 6) is 1.23. The molecule has 27 heavy (non-hydrogen) atoms. The number of anilines is 2. The van der Waals surface area contributed by atoms with Gasteiger partial charge in [-0.1, -0.05) is 25.1 Å². The molecule has 1 aliphatic rings. The standard InChI is InChI=1S/C21H27N3O3/c1-4-16-7-5-6-8-18(16)23-11-13-24(14-12-23)21(25)22-17-9-10-19(26-2)20(15-17)27-3/h5-10,15H,4,11-14H2,1-3H3,(H,22,25). The number of hydrogen-bond acceptors (Lipinski definition) is 4. The summed E-state index contributed by atoms with van der Waals surface area (Å²) in [6.07, 6.45) is 1.01. The number of piperazine rings is 1. The van der Waals surface area contributed by atoms with Gasteiger partial charge < -0.3 is 24.6 Å². The zero-order valence-electron chi connectivity index (χ0n) is 16.2. The largest absolute Gasteiger partial charge is 0.493 e. The zero-order chi connectivity index (χ0) is 19.2. The van der Waals surface area contributed by atoms with E-state index in [1.165, 1.54) is 11.3 Å². The van der Waals surface area contributed by atoms with Gasteiger partial charge >= 0.3 is 6.03 Å². The lowest BCUT2D eigenvalue weighted by Gasteiger charge is -2.37. The van der Waals surface area contributed by atoms with Crippen LogP contribution < -0.4 is 19.7 Å². The number of para-hydroxylation sites is 1. The first kappa shape index (κ1) is 18.9. The van der Waals surface area contributed by atoms with Gasteiger partial charge in [-0.2, -0.15) is 0 Å². The number of hydrogen-bond donors (Lipinski definition) is 1. The Morgan fingerprint density at radius 3 is 2.37 bits per heavy atom. The van der Waals surface area contributed by atoms with Crippen molar-refractivity contribution in [2.75, 3.05) is 50.6 Å². The third-order valence-electron chi connectivity index (χ3n) is 4.91. The SMILES string of the molecule is CCc1ccccc1N1CCN(C(=O)Nc2ccc(OC)c(OC)c2)CC1. The van der Waals surface area contributed by atoms with Crippen molar-refractivity contribution in [1.82, 2.24) is 4.90 Å². The number of urea groups is 1. The summed E-state index contributed by atoms with van der Waals surface area (Å²) in [7, 11) is 3.17. The van der Waals surface area contributed by atoms with Gasteiger partial charge in [-0.25, -0.2) is 4.79 Å². The van der Waals surface area contributed by atoms with Crippen LogP contribution in [0.2, 0.25) is 0 Å². The zero-order valence-corrected chi connectivity index (χ0v) is 16.2. The number of amides is 2. The third kappa shape index (κ3) is 4.27. The number of aryl methyl sites for hydroxylation is 1. The van der Waals surface area contributed by atoms with E-state index in [1.807, 2.05) is 11.0 Å². The number of benzene rings is 2. The number of carbonyl (C=O) groups is 1. The van der Waals surface area contributed by atoms with Crippen molar-refractivity contribution in [3.05, 3.63) is 48.0 Å². The summed E-state index contributed by atoms with van der Waals surface area (Å²) in [5.41, 5.74) is 3.32. The van der Waals surface area contributed by atoms with Crippen molar-refractivity contribution in [3.8, 4) is 11.5 Å². The molecule has 0 aromatic heterocycles. The lowest BCUT2D eigenvalue weighted by atomic mass is 10.1. The Morgan fingerprint density at radius 1 is 1.00 bits per heavy atom. The van der Waals surface area contributed by atoms with Crippen LogP contribution in [-0.2, 0) is 6.42 Å². The highest BCUT2D eigenvalue weighted by Crippen LogP contribution is 2.30. The second-order valence-corrected chi connectivity index (χ2v) is 6.46. The molecule has 1 saturated heterocycles. The molecule has 0 unspecified atom stereocenters. The number of nitrogens with zero attached hydrogens (tertiary/aromatic N) is 2. The number of ether oxygens (including phenoxy) is 2. The summed E-state index contributed by atoms with van der Waals surface area (Å²) in [4.78, 5) is 16.8. The molecular weight excluding hydrogens is 342 g/mol. The number of nitrogens with one attached hydrogen (secondary N) is 1. The summed E-state index contributed by atoms with van der Waals surface area (Å²) in [5, 5.41) is 2.95. The molecule has 1 aliphatic heterocycles. The van der Waals surface area contributed by atoms with Crippen LogP contribution in [0.3, 0.4) is 0 Å². The Bertz CT molecular complexity index is 786. The molecule has 0 bridgehead atoms. The second-order valence-electron chi connectivity index (χ2n) is 6.46. The molecule has 0 aliphatic carbocycles. The number of carbonyl (C=O) groups excluding carboxylic acids is 1. The van der Waals surface area contributed by atoms with Gasteiger partial charge in [0, 0.05) is 43.6 Å². The highest BCUT2D eigenvalue weighted by molar-refractivity contribution is 5.90. The summed E-state index contributed by atoms with van der Waals surface area (Å²) < 4.78 is 10.5. The molecule has 3 rings (SSSR count). The Morgan fingerprint density at radius 2 is 1.70 bits per heavy atom. The average molecular weight is 369 g/mol. The quantitative estimate of drug-likeness (QED) is 0.875. The van der Waals surface area contributed by atoms with Gasteiger partial charge in [0.1, 0.15) is 0 Å². The maximum Gasteiger partial charge on any atom is 0.321 e. The van der Waals surface area contributed by atoms with Gasteiger partial charge in [-0.05, 0) is 30.2 Å². The molecule has 1 fully saturated rings. The summed E-state index contributed by atoms with van der Waals surface area (Å²) in [6.45, 7) is 5.22. The van der Waals surface area contributed by atoms with Gasteiger partial charge in [0.2, 0.25) is 0 Å². The Kier molecular flexibility index (Phi) is 6.06. The third-order valence-corrected chi connectivity index (χ3v) is 4.91. The molecule has 2 aromatic rings. The van der Waals surface area contributed by atoms with E-state index < -0.39 is 0 Å². The maximum atomic E-state index is 12.6. The fourth-order valence-electron chi connectivity index (χ4n) is 3.39. The van der Waals surface area contributed by atoms with Crippen LogP contribution in [0.25, 0.3) is 0 Å². The molecule has 0 spiro atoms. The lowest BCUT2D eigenvalue weighted by Crippen LogP contribution is -2.50. The van der Waals surface area contributed by atoms with Crippen molar-refractivity contribution < 1.29 is 14.3 Å². The van der Waals surface area contributed by atoms with Crippen LogP contribution >= 0.6 is 0 Å². The van der Waals surface area contributed by atoms with E-state index in [4.69, 9.17) is 9.47 Å². The predicted octanol–water partition coefficient (Wildman–Crippen LogP) is 3.62. The van der Waals surface area contributed by atoms with Crippen LogP contribution in [0.15, 0.2) is 42.5 Å². The van der Waals surface area contributed by atoms with Crippen molar-refractivity contribution in [1.29, 1.82) is 0 Å². The Balaban J connectivity index is 1.60. The van der Waals surface area contributed by atoms with Crippen LogP contribution in [-0.4, -0.2) is 51.3 Å². The van der Waals surface area contributed by atoms with E-state index in [0.29, 0.717) is 30.3 Å². The molecule has 1 N–H and O–H groups in total. The topological polar surface area (TPSA) is 54.0 Å². The molecule has 1 heterocycles. The van der Waals surface area contributed by atoms with E-state index in [2.05, 4.69) is 41.4 Å². The van der Waals surface area contributed by atoms with E-state index >= 15 is 0 Å². The maximum absolute atomic E-state index is 12.6. The summed E-state index contributed by atoms with van der Waals surface area (Å²) >= 11 is 0. The molecule has 0 radical (unpaired) electrons. The molecule has 2 amide bonds. The van der Waals surface area contributed by atoms with E-state index in [9.17, 15) is 4.79 Å². The minimum atomic E-state index is -0.0920. The number of methoxy groups -OCH3 is 2. The lowest BCUT2D eigenvalue weighted by molar-refractivity contribution is 0.208. The smallest absolute Gasteiger partial charge is 0.321 e. The molecule has 0 saturated carbocycles. The van der Waals surface area contributed by atoms with Gasteiger partial charge in [0.25, 0.3) is 0 Å². The number of rotatable bonds is 5. The van der Waals surface area contributed by atoms with Gasteiger partial charge in [-0.3, -0.25) is 0 Å². The minimum absolute atomic E-state index is 0.0920. The van der Waals surface area contributed by atoms with Crippen LogP contribution in [0.1, 0.15) is 12.5 Å². The van der Waals surface area contributed by atoms with Gasteiger partial charge in [0.15, 0.2) is 11.5 Å². The fourth-order valence-corrected chi connectivity index (χ4v) is 3.39. The molecular formula is C21H27N3O3. The summed E-state index contributed by atoms with van der Waals surface area (Å²) in [6, 6.07) is 13.8. The molecule has 144 valence electrons. The average Bonchev–Trinajstić information content (AvgIpc) is 2.73. The predicted molar refractivity (Wildman–Crippen MR) is 108 cm³/mol. The fraction of sp³-hybridized carbons (Fsp3) is 0.381. The molecule has 6 heteroatoms. The molecule has 6 nitrogen and oxygen atoms in total. The Hall–Kier alpha value is -2.89. The minimum Gasteiger partial charge on any atom is -0.493 e. The first-order chi connectivity index (χ1) is 13.2. The highest BCUT2D eigenvalue weighted by Gasteiger charge is 2.22. The normalized spacial score (nSPS) is 14.0. The first-order valence-corrected chi connectivity index (χ1v) is 9.27. The van der Waals surface area contributed by atoms with Crippen LogP contribution in [0.4, 0.5) is 16.2 Å². The van der Waals surface area contributed by atoms with E-state index in [1.54, 1.807) is 26.4 Å². The monoisotopic (exact) mass is 369 g/mol. The first-order valence-electron chi connectivity index (χ1n) is 9.27. The Labute approximate surface area is 160 Å².